The van der Waals surface area contributed by atoms with E-state index in [0.29, 0.717) is 23.7 Å². The molecule has 34 heavy (non-hydrogen) atoms. The van der Waals surface area contributed by atoms with Crippen molar-refractivity contribution in [3.63, 3.8) is 0 Å². The number of nitrogens with one attached hydrogen (secondary N) is 1. The predicted octanol–water partition coefficient (Wildman–Crippen LogP) is 5.27. The third-order valence-electron chi connectivity index (χ3n) is 5.64. The van der Waals surface area contributed by atoms with Crippen LogP contribution in [0.3, 0.4) is 0 Å². The van der Waals surface area contributed by atoms with E-state index in [1.54, 1.807) is 29.2 Å². The Balaban J connectivity index is 1.88. The van der Waals surface area contributed by atoms with Gasteiger partial charge in [-0.1, -0.05) is 79.2 Å². The molecular formula is C28H31ClN2O3. The molecule has 0 saturated heterocycles. The molecule has 6 heteroatoms. The standard InChI is InChI=1S/C28H31ClN2O3/c1-3-21(2)30-28(33)26(18-22-10-6-4-7-11-22)31(19-23-12-8-5-9-13-23)27(32)20-34-25-16-14-24(29)15-17-25/h4-17,21,26H,3,18-20H2,1-2H3,(H,30,33)/t21-,26+/m1/s1. The number of rotatable bonds is 11. The van der Waals surface area contributed by atoms with E-state index in [1.807, 2.05) is 74.5 Å². The number of benzene rings is 3. The molecule has 0 heterocycles. The second-order valence-corrected chi connectivity index (χ2v) is 8.71. The average Bonchev–Trinajstić information content (AvgIpc) is 2.86. The number of hydrogen-bond acceptors (Lipinski definition) is 3. The van der Waals surface area contributed by atoms with E-state index in [1.165, 1.54) is 0 Å². The Kier molecular flexibility index (Phi) is 9.53. The molecule has 0 radical (unpaired) electrons. The van der Waals surface area contributed by atoms with Crippen LogP contribution < -0.4 is 10.1 Å². The first-order valence-corrected chi connectivity index (χ1v) is 11.9. The summed E-state index contributed by atoms with van der Waals surface area (Å²) in [5.74, 6) is 0.106. The van der Waals surface area contributed by atoms with Crippen molar-refractivity contribution in [2.45, 2.75) is 45.3 Å². The second-order valence-electron chi connectivity index (χ2n) is 8.27. The second kappa shape index (κ2) is 12.8. The van der Waals surface area contributed by atoms with Crippen LogP contribution in [0.4, 0.5) is 0 Å². The minimum absolute atomic E-state index is 0.00441. The summed E-state index contributed by atoms with van der Waals surface area (Å²) in [6, 6.07) is 25.6. The van der Waals surface area contributed by atoms with Gasteiger partial charge in [-0.15, -0.1) is 0 Å². The van der Waals surface area contributed by atoms with E-state index >= 15 is 0 Å². The van der Waals surface area contributed by atoms with Crippen LogP contribution in [-0.2, 0) is 22.6 Å². The van der Waals surface area contributed by atoms with E-state index in [9.17, 15) is 9.59 Å². The van der Waals surface area contributed by atoms with Crippen molar-refractivity contribution < 1.29 is 14.3 Å². The quantitative estimate of drug-likeness (QED) is 0.408. The van der Waals surface area contributed by atoms with Crippen LogP contribution in [0.15, 0.2) is 84.9 Å². The van der Waals surface area contributed by atoms with Gasteiger partial charge in [-0.25, -0.2) is 0 Å². The van der Waals surface area contributed by atoms with Crippen molar-refractivity contribution >= 4 is 23.4 Å². The van der Waals surface area contributed by atoms with E-state index in [2.05, 4.69) is 5.32 Å². The molecule has 3 aromatic carbocycles. The molecule has 0 saturated carbocycles. The maximum atomic E-state index is 13.5. The zero-order valence-corrected chi connectivity index (χ0v) is 20.4. The molecule has 2 amide bonds. The van der Waals surface area contributed by atoms with Crippen LogP contribution in [0, 0.1) is 0 Å². The number of carbonyl (C=O) groups excluding carboxylic acids is 2. The van der Waals surface area contributed by atoms with Gasteiger partial charge in [0.25, 0.3) is 5.91 Å². The van der Waals surface area contributed by atoms with Crippen molar-refractivity contribution in [2.75, 3.05) is 6.61 Å². The van der Waals surface area contributed by atoms with E-state index in [0.717, 1.165) is 17.5 Å². The smallest absolute Gasteiger partial charge is 0.261 e. The van der Waals surface area contributed by atoms with Crippen LogP contribution in [0.25, 0.3) is 0 Å². The summed E-state index contributed by atoms with van der Waals surface area (Å²) in [4.78, 5) is 28.5. The molecule has 0 aliphatic heterocycles. The molecule has 0 spiro atoms. The monoisotopic (exact) mass is 478 g/mol. The lowest BCUT2D eigenvalue weighted by molar-refractivity contribution is -0.143. The largest absolute Gasteiger partial charge is 0.484 e. The van der Waals surface area contributed by atoms with Gasteiger partial charge >= 0.3 is 0 Å². The van der Waals surface area contributed by atoms with Crippen molar-refractivity contribution in [2.24, 2.45) is 0 Å². The summed E-state index contributed by atoms with van der Waals surface area (Å²) in [5.41, 5.74) is 1.92. The highest BCUT2D eigenvalue weighted by Gasteiger charge is 2.31. The van der Waals surface area contributed by atoms with Crippen LogP contribution in [0.2, 0.25) is 5.02 Å². The Morgan fingerprint density at radius 3 is 2.09 bits per heavy atom. The number of amides is 2. The summed E-state index contributed by atoms with van der Waals surface area (Å²) in [5, 5.41) is 3.65. The van der Waals surface area contributed by atoms with Gasteiger partial charge in [0.05, 0.1) is 0 Å². The van der Waals surface area contributed by atoms with Gasteiger partial charge in [-0.2, -0.15) is 0 Å². The normalized spacial score (nSPS) is 12.4. The van der Waals surface area contributed by atoms with Crippen molar-refractivity contribution in [1.29, 1.82) is 0 Å². The van der Waals surface area contributed by atoms with Crippen LogP contribution >= 0.6 is 11.6 Å². The number of nitrogens with zero attached hydrogens (tertiary/aromatic N) is 1. The van der Waals surface area contributed by atoms with Crippen LogP contribution in [0.1, 0.15) is 31.4 Å². The number of carbonyl (C=O) groups is 2. The van der Waals surface area contributed by atoms with Gasteiger partial charge in [0, 0.05) is 24.0 Å². The first kappa shape index (κ1) is 25.3. The van der Waals surface area contributed by atoms with E-state index in [-0.39, 0.29) is 24.5 Å². The fraction of sp³-hybridized carbons (Fsp3) is 0.286. The first-order valence-electron chi connectivity index (χ1n) is 11.5. The molecule has 5 nitrogen and oxygen atoms in total. The third kappa shape index (κ3) is 7.63. The summed E-state index contributed by atoms with van der Waals surface area (Å²) in [6.45, 7) is 4.10. The highest BCUT2D eigenvalue weighted by atomic mass is 35.5. The van der Waals surface area contributed by atoms with Gasteiger partial charge < -0.3 is 15.0 Å². The summed E-state index contributed by atoms with van der Waals surface area (Å²) >= 11 is 5.95. The molecule has 3 aromatic rings. The van der Waals surface area contributed by atoms with Gasteiger partial charge in [-0.3, -0.25) is 9.59 Å². The zero-order valence-electron chi connectivity index (χ0n) is 19.6. The van der Waals surface area contributed by atoms with Crippen molar-refractivity contribution in [3.8, 4) is 5.75 Å². The topological polar surface area (TPSA) is 58.6 Å². The maximum absolute atomic E-state index is 13.5. The number of hydrogen-bond donors (Lipinski definition) is 1. The fourth-order valence-corrected chi connectivity index (χ4v) is 3.66. The Bertz CT molecular complexity index is 1040. The molecule has 0 aromatic heterocycles. The van der Waals surface area contributed by atoms with Crippen LogP contribution in [0.5, 0.6) is 5.75 Å². The lowest BCUT2D eigenvalue weighted by Crippen LogP contribution is -2.53. The van der Waals surface area contributed by atoms with E-state index in [4.69, 9.17) is 16.3 Å². The van der Waals surface area contributed by atoms with Crippen molar-refractivity contribution in [1.82, 2.24) is 10.2 Å². The Hall–Kier alpha value is -3.31. The minimum atomic E-state index is -0.682. The van der Waals surface area contributed by atoms with Crippen LogP contribution in [-0.4, -0.2) is 35.4 Å². The highest BCUT2D eigenvalue weighted by Crippen LogP contribution is 2.18. The third-order valence-corrected chi connectivity index (χ3v) is 5.90. The van der Waals surface area contributed by atoms with E-state index < -0.39 is 6.04 Å². The molecule has 0 aliphatic rings. The fourth-order valence-electron chi connectivity index (χ4n) is 3.53. The molecule has 0 bridgehead atoms. The Morgan fingerprint density at radius 2 is 1.50 bits per heavy atom. The van der Waals surface area contributed by atoms with Crippen molar-refractivity contribution in [3.05, 3.63) is 101 Å². The summed E-state index contributed by atoms with van der Waals surface area (Å²) in [7, 11) is 0. The average molecular weight is 479 g/mol. The lowest BCUT2D eigenvalue weighted by atomic mass is 10.0. The molecule has 0 fully saturated rings. The van der Waals surface area contributed by atoms with Gasteiger partial charge in [0.15, 0.2) is 6.61 Å². The highest BCUT2D eigenvalue weighted by molar-refractivity contribution is 6.30. The SMILES string of the molecule is CC[C@@H](C)NC(=O)[C@H](Cc1ccccc1)N(Cc1ccccc1)C(=O)COc1ccc(Cl)cc1. The molecule has 0 aliphatic carbocycles. The zero-order chi connectivity index (χ0) is 24.3. The molecule has 178 valence electrons. The Morgan fingerprint density at radius 1 is 0.912 bits per heavy atom. The van der Waals surface area contributed by atoms with Gasteiger partial charge in [-0.05, 0) is 48.7 Å². The maximum Gasteiger partial charge on any atom is 0.261 e. The lowest BCUT2D eigenvalue weighted by Gasteiger charge is -2.32. The Labute approximate surface area is 206 Å². The molecule has 2 atom stereocenters. The summed E-state index contributed by atoms with van der Waals surface area (Å²) < 4.78 is 5.74. The molecule has 1 N–H and O–H groups in total. The van der Waals surface area contributed by atoms with Gasteiger partial charge in [0.2, 0.25) is 5.91 Å². The number of halogens is 1. The number of ether oxygens (including phenoxy) is 1. The molecular weight excluding hydrogens is 448 g/mol. The first-order chi connectivity index (χ1) is 16.5. The minimum Gasteiger partial charge on any atom is -0.484 e. The molecule has 0 unspecified atom stereocenters. The van der Waals surface area contributed by atoms with Gasteiger partial charge in [0.1, 0.15) is 11.8 Å². The summed E-state index contributed by atoms with van der Waals surface area (Å²) in [6.07, 6.45) is 1.21. The molecule has 3 rings (SSSR count). The predicted molar refractivity (Wildman–Crippen MR) is 136 cm³/mol.